The summed E-state index contributed by atoms with van der Waals surface area (Å²) in [5.41, 5.74) is -0.163. The fourth-order valence-electron chi connectivity index (χ4n) is 2.83. The number of ether oxygens (including phenoxy) is 3. The van der Waals surface area contributed by atoms with Gasteiger partial charge in [-0.2, -0.15) is 0 Å². The molecule has 0 saturated heterocycles. The summed E-state index contributed by atoms with van der Waals surface area (Å²) >= 11 is 0. The number of benzene rings is 3. The van der Waals surface area contributed by atoms with Crippen LogP contribution in [-0.4, -0.2) is 43.0 Å². The van der Waals surface area contributed by atoms with Crippen molar-refractivity contribution in [2.24, 2.45) is 0 Å². The molecule has 35 heavy (non-hydrogen) atoms. The number of para-hydroxylation sites is 1. The number of hydrogen-bond donors (Lipinski definition) is 2. The van der Waals surface area contributed by atoms with E-state index in [1.165, 1.54) is 31.4 Å². The van der Waals surface area contributed by atoms with Gasteiger partial charge >= 0.3 is 5.97 Å². The van der Waals surface area contributed by atoms with E-state index in [1.54, 1.807) is 24.3 Å². The van der Waals surface area contributed by atoms with E-state index in [-0.39, 0.29) is 17.1 Å². The number of carbonyl (C=O) groups is 3. The molecule has 0 heterocycles. The molecule has 2 N–H and O–H groups in total. The van der Waals surface area contributed by atoms with Crippen LogP contribution in [0, 0.1) is 10.1 Å². The zero-order valence-electron chi connectivity index (χ0n) is 18.6. The first-order chi connectivity index (χ1) is 16.9. The predicted octanol–water partition coefficient (Wildman–Crippen LogP) is 3.31. The van der Waals surface area contributed by atoms with Gasteiger partial charge in [-0.3, -0.25) is 24.5 Å². The Kier molecular flexibility index (Phi) is 8.33. The second-order valence-corrected chi connectivity index (χ2v) is 6.97. The molecular formula is C24H21N3O8. The molecule has 11 heteroatoms. The molecule has 0 fully saturated rings. The molecule has 3 rings (SSSR count). The minimum atomic E-state index is -0.859. The van der Waals surface area contributed by atoms with Crippen LogP contribution in [0.25, 0.3) is 0 Å². The molecule has 11 nitrogen and oxygen atoms in total. The molecule has 3 aromatic rings. The van der Waals surface area contributed by atoms with E-state index >= 15 is 0 Å². The first-order valence-electron chi connectivity index (χ1n) is 10.2. The van der Waals surface area contributed by atoms with Gasteiger partial charge in [0.25, 0.3) is 17.5 Å². The number of amides is 2. The third-order valence-electron chi connectivity index (χ3n) is 4.53. The van der Waals surface area contributed by atoms with Crippen LogP contribution < -0.4 is 20.1 Å². The Hall–Kier alpha value is -4.93. The van der Waals surface area contributed by atoms with Crippen LogP contribution in [0.5, 0.6) is 17.2 Å². The summed E-state index contributed by atoms with van der Waals surface area (Å²) in [7, 11) is 1.35. The fraction of sp³-hybridized carbons (Fsp3) is 0.125. The van der Waals surface area contributed by atoms with Crippen LogP contribution in [0.1, 0.15) is 10.4 Å². The average molecular weight is 479 g/mol. The number of rotatable bonds is 10. The second-order valence-electron chi connectivity index (χ2n) is 6.97. The van der Waals surface area contributed by atoms with Crippen LogP contribution in [0.3, 0.4) is 0 Å². The van der Waals surface area contributed by atoms with Gasteiger partial charge in [0, 0.05) is 5.56 Å². The SMILES string of the molecule is COc1ccc(NC(=O)COC(=O)CNC(=O)c2ccc(Oc3ccccc3)cc2)c([N+](=O)[O-])c1. The predicted molar refractivity (Wildman–Crippen MR) is 125 cm³/mol. The van der Waals surface area contributed by atoms with Crippen molar-refractivity contribution in [2.45, 2.75) is 0 Å². The minimum absolute atomic E-state index is 0.0788. The molecule has 0 atom stereocenters. The fourth-order valence-corrected chi connectivity index (χ4v) is 2.83. The van der Waals surface area contributed by atoms with Crippen molar-refractivity contribution in [3.8, 4) is 17.2 Å². The van der Waals surface area contributed by atoms with Crippen molar-refractivity contribution in [1.29, 1.82) is 0 Å². The number of anilines is 1. The Labute approximate surface area is 199 Å². The van der Waals surface area contributed by atoms with Gasteiger partial charge in [0.1, 0.15) is 29.5 Å². The summed E-state index contributed by atoms with van der Waals surface area (Å²) in [5.74, 6) is -0.733. The Morgan fingerprint density at radius 2 is 1.57 bits per heavy atom. The van der Waals surface area contributed by atoms with Crippen molar-refractivity contribution in [3.05, 3.63) is 88.5 Å². The lowest BCUT2D eigenvalue weighted by atomic mass is 10.2. The number of nitro groups is 1. The third-order valence-corrected chi connectivity index (χ3v) is 4.53. The number of nitrogens with one attached hydrogen (secondary N) is 2. The molecule has 0 aliphatic heterocycles. The molecule has 0 unspecified atom stereocenters. The maximum absolute atomic E-state index is 12.2. The lowest BCUT2D eigenvalue weighted by Gasteiger charge is -2.09. The van der Waals surface area contributed by atoms with E-state index in [0.29, 0.717) is 17.1 Å². The number of methoxy groups -OCH3 is 1. The number of esters is 1. The Morgan fingerprint density at radius 1 is 0.914 bits per heavy atom. The topological polar surface area (TPSA) is 146 Å². The van der Waals surface area contributed by atoms with Crippen LogP contribution in [-0.2, 0) is 14.3 Å². The van der Waals surface area contributed by atoms with Crippen LogP contribution in [0.4, 0.5) is 11.4 Å². The Bertz CT molecular complexity index is 1210. The summed E-state index contributed by atoms with van der Waals surface area (Å²) < 4.78 is 15.4. The highest BCUT2D eigenvalue weighted by molar-refractivity contribution is 5.97. The first kappa shape index (κ1) is 24.7. The lowest BCUT2D eigenvalue weighted by molar-refractivity contribution is -0.384. The van der Waals surface area contributed by atoms with E-state index in [2.05, 4.69) is 10.6 Å². The van der Waals surface area contributed by atoms with E-state index < -0.39 is 35.9 Å². The van der Waals surface area contributed by atoms with Gasteiger partial charge in [-0.1, -0.05) is 18.2 Å². The standard InChI is InChI=1S/C24H21N3O8/c1-33-19-11-12-20(21(13-19)27(31)32)26-22(28)15-34-23(29)14-25-24(30)16-7-9-18(10-8-16)35-17-5-3-2-4-6-17/h2-13H,14-15H2,1H3,(H,25,30)(H,26,28). The van der Waals surface area contributed by atoms with Crippen molar-refractivity contribution >= 4 is 29.2 Å². The summed E-state index contributed by atoms with van der Waals surface area (Å²) in [6, 6.07) is 19.3. The Balaban J connectivity index is 1.44. The molecule has 2 amide bonds. The molecule has 0 spiro atoms. The van der Waals surface area contributed by atoms with E-state index in [0.717, 1.165) is 6.07 Å². The zero-order chi connectivity index (χ0) is 25.2. The van der Waals surface area contributed by atoms with Gasteiger partial charge in [-0.25, -0.2) is 0 Å². The highest BCUT2D eigenvalue weighted by Crippen LogP contribution is 2.28. The summed E-state index contributed by atoms with van der Waals surface area (Å²) in [5, 5.41) is 15.9. The van der Waals surface area contributed by atoms with Crippen molar-refractivity contribution < 1.29 is 33.5 Å². The van der Waals surface area contributed by atoms with Crippen molar-refractivity contribution in [3.63, 3.8) is 0 Å². The smallest absolute Gasteiger partial charge is 0.325 e. The van der Waals surface area contributed by atoms with Crippen molar-refractivity contribution in [1.82, 2.24) is 5.32 Å². The third kappa shape index (κ3) is 7.29. The minimum Gasteiger partial charge on any atom is -0.496 e. The molecular weight excluding hydrogens is 458 g/mol. The van der Waals surface area contributed by atoms with Gasteiger partial charge in [0.05, 0.1) is 18.1 Å². The normalized spacial score (nSPS) is 10.1. The van der Waals surface area contributed by atoms with Gasteiger partial charge in [0.15, 0.2) is 6.61 Å². The molecule has 0 aliphatic carbocycles. The highest BCUT2D eigenvalue weighted by Gasteiger charge is 2.18. The van der Waals surface area contributed by atoms with E-state index in [4.69, 9.17) is 14.2 Å². The summed E-state index contributed by atoms with van der Waals surface area (Å²) in [4.78, 5) is 46.6. The second kappa shape index (κ2) is 11.8. The van der Waals surface area contributed by atoms with Gasteiger partial charge in [-0.15, -0.1) is 0 Å². The van der Waals surface area contributed by atoms with E-state index in [9.17, 15) is 24.5 Å². The van der Waals surface area contributed by atoms with Crippen LogP contribution in [0.2, 0.25) is 0 Å². The van der Waals surface area contributed by atoms with E-state index in [1.807, 2.05) is 18.2 Å². The van der Waals surface area contributed by atoms with Crippen molar-refractivity contribution in [2.75, 3.05) is 25.6 Å². The average Bonchev–Trinajstić information content (AvgIpc) is 2.87. The number of carbonyl (C=O) groups excluding carboxylic acids is 3. The molecule has 180 valence electrons. The monoisotopic (exact) mass is 479 g/mol. The first-order valence-corrected chi connectivity index (χ1v) is 10.2. The summed E-state index contributed by atoms with van der Waals surface area (Å²) in [6.07, 6.45) is 0. The van der Waals surface area contributed by atoms with Gasteiger partial charge in [-0.05, 0) is 48.5 Å². The maximum atomic E-state index is 12.2. The highest BCUT2D eigenvalue weighted by atomic mass is 16.6. The number of hydrogen-bond acceptors (Lipinski definition) is 8. The summed E-state index contributed by atoms with van der Waals surface area (Å²) in [6.45, 7) is -1.17. The molecule has 0 radical (unpaired) electrons. The van der Waals surface area contributed by atoms with Gasteiger partial charge < -0.3 is 24.8 Å². The molecule has 0 aliphatic rings. The van der Waals surface area contributed by atoms with Gasteiger partial charge in [0.2, 0.25) is 0 Å². The maximum Gasteiger partial charge on any atom is 0.325 e. The molecule has 0 aromatic heterocycles. The zero-order valence-corrected chi connectivity index (χ0v) is 18.6. The molecule has 0 saturated carbocycles. The van der Waals surface area contributed by atoms with Crippen LogP contribution in [0.15, 0.2) is 72.8 Å². The Morgan fingerprint density at radius 3 is 2.23 bits per heavy atom. The largest absolute Gasteiger partial charge is 0.496 e. The quantitative estimate of drug-likeness (QED) is 0.256. The molecule has 0 bridgehead atoms. The van der Waals surface area contributed by atoms with Crippen LogP contribution >= 0.6 is 0 Å². The number of nitro benzene ring substituents is 1. The molecule has 3 aromatic carbocycles. The number of nitrogens with zero attached hydrogens (tertiary/aromatic N) is 1. The lowest BCUT2D eigenvalue weighted by Crippen LogP contribution is -2.32.